The largest absolute Gasteiger partial charge is 0.344 e. The van der Waals surface area contributed by atoms with Crippen molar-refractivity contribution in [2.45, 2.75) is 0 Å². The molecule has 0 radical (unpaired) electrons. The number of nitro groups is 1. The van der Waals surface area contributed by atoms with E-state index in [4.69, 9.17) is 5.53 Å². The fourth-order valence-electron chi connectivity index (χ4n) is 2.21. The highest BCUT2D eigenvalue weighted by atomic mass is 16.6. The molecular formula is C10H9N7O5. The van der Waals surface area contributed by atoms with Crippen molar-refractivity contribution in [2.24, 2.45) is 26.3 Å². The first kappa shape index (κ1) is 15.0. The summed E-state index contributed by atoms with van der Waals surface area (Å²) in [5.41, 5.74) is 3.95. The molecule has 2 rings (SSSR count). The number of azide groups is 1. The molecule has 0 saturated carbocycles. The highest BCUT2D eigenvalue weighted by molar-refractivity contribution is 5.91. The van der Waals surface area contributed by atoms with Gasteiger partial charge in [0.15, 0.2) is 0 Å². The molecule has 12 heteroatoms. The molecule has 2 aromatic heterocycles. The van der Waals surface area contributed by atoms with Gasteiger partial charge in [0.05, 0.1) is 10.3 Å². The predicted molar refractivity (Wildman–Crippen MR) is 75.1 cm³/mol. The van der Waals surface area contributed by atoms with Crippen molar-refractivity contribution in [1.82, 2.24) is 13.7 Å². The zero-order valence-corrected chi connectivity index (χ0v) is 11.7. The minimum absolute atomic E-state index is 0.175. The van der Waals surface area contributed by atoms with E-state index in [1.54, 1.807) is 0 Å². The van der Waals surface area contributed by atoms with Crippen LogP contribution in [0, 0.1) is 10.1 Å². The number of fused-ring (bicyclic) bond motifs is 1. The molecule has 2 heterocycles. The summed E-state index contributed by atoms with van der Waals surface area (Å²) in [6.45, 7) is 0. The molecule has 0 aromatic carbocycles. The molecule has 0 aliphatic carbocycles. The number of nitrogens with zero attached hydrogens (tertiary/aromatic N) is 7. The average Bonchev–Trinajstić information content (AvgIpc) is 2.46. The summed E-state index contributed by atoms with van der Waals surface area (Å²) in [7, 11) is 3.63. The molecule has 0 atom stereocenters. The van der Waals surface area contributed by atoms with Crippen molar-refractivity contribution in [3.63, 3.8) is 0 Å². The van der Waals surface area contributed by atoms with E-state index < -0.39 is 33.1 Å². The van der Waals surface area contributed by atoms with E-state index in [9.17, 15) is 24.5 Å². The average molecular weight is 307 g/mol. The van der Waals surface area contributed by atoms with Crippen LogP contribution >= 0.6 is 0 Å². The zero-order valence-electron chi connectivity index (χ0n) is 11.7. The number of pyridine rings is 1. The lowest BCUT2D eigenvalue weighted by atomic mass is 10.2. The summed E-state index contributed by atoms with van der Waals surface area (Å²) in [6, 6.07) is 0. The highest BCUT2D eigenvalue weighted by Gasteiger charge is 2.27. The van der Waals surface area contributed by atoms with Gasteiger partial charge in [-0.05, 0) is 5.53 Å². The summed E-state index contributed by atoms with van der Waals surface area (Å²) in [5.74, 6) is 0. The van der Waals surface area contributed by atoms with Crippen LogP contribution in [0.5, 0.6) is 0 Å². The maximum absolute atomic E-state index is 12.3. The van der Waals surface area contributed by atoms with Crippen molar-refractivity contribution in [3.05, 3.63) is 51.7 Å². The summed E-state index contributed by atoms with van der Waals surface area (Å²) < 4.78 is 2.47. The summed E-state index contributed by atoms with van der Waals surface area (Å²) in [5, 5.41) is 13.8. The molecule has 0 unspecified atom stereocenters. The normalized spacial score (nSPS) is 10.5. The second kappa shape index (κ2) is 4.86. The summed E-state index contributed by atoms with van der Waals surface area (Å²) >= 11 is 0. The van der Waals surface area contributed by atoms with Gasteiger partial charge in [-0.3, -0.25) is 33.4 Å². The second-order valence-corrected chi connectivity index (χ2v) is 4.41. The Morgan fingerprint density at radius 1 is 1.09 bits per heavy atom. The fourth-order valence-corrected chi connectivity index (χ4v) is 2.21. The van der Waals surface area contributed by atoms with Crippen LogP contribution in [0.15, 0.2) is 19.5 Å². The standard InChI is InChI=1S/C10H9N7O5/c1-14-7-4(8(18)16(3)10(20)15(7)2)5(12-13-11)6(9(14)19)17(21)22/h1-3H3. The number of hydrogen-bond acceptors (Lipinski definition) is 6. The molecule has 114 valence electrons. The molecule has 0 bridgehead atoms. The molecule has 0 N–H and O–H groups in total. The fraction of sp³-hybridized carbons (Fsp3) is 0.300. The van der Waals surface area contributed by atoms with Crippen molar-refractivity contribution in [2.75, 3.05) is 0 Å². The quantitative estimate of drug-likeness (QED) is 0.246. The first-order valence-electron chi connectivity index (χ1n) is 5.76. The Hall–Kier alpha value is -3.40. The van der Waals surface area contributed by atoms with Crippen molar-refractivity contribution in [3.8, 4) is 0 Å². The zero-order chi connectivity index (χ0) is 16.8. The van der Waals surface area contributed by atoms with Gasteiger partial charge in [0.2, 0.25) is 0 Å². The van der Waals surface area contributed by atoms with Crippen molar-refractivity contribution >= 4 is 22.4 Å². The van der Waals surface area contributed by atoms with E-state index >= 15 is 0 Å². The van der Waals surface area contributed by atoms with Gasteiger partial charge in [-0.2, -0.15) is 0 Å². The minimum atomic E-state index is -1.09. The van der Waals surface area contributed by atoms with Crippen LogP contribution in [0.3, 0.4) is 0 Å². The maximum Gasteiger partial charge on any atom is 0.344 e. The van der Waals surface area contributed by atoms with E-state index in [1.807, 2.05) is 0 Å². The molecule has 0 spiro atoms. The Balaban J connectivity index is 3.44. The van der Waals surface area contributed by atoms with Crippen LogP contribution in [0.25, 0.3) is 21.5 Å². The lowest BCUT2D eigenvalue weighted by Gasteiger charge is -2.12. The van der Waals surface area contributed by atoms with E-state index in [2.05, 4.69) is 10.0 Å². The van der Waals surface area contributed by atoms with Gasteiger partial charge in [-0.1, -0.05) is 5.11 Å². The molecule has 0 saturated heterocycles. The molecule has 2 aromatic rings. The van der Waals surface area contributed by atoms with Gasteiger partial charge in [-0.15, -0.1) is 0 Å². The third kappa shape index (κ3) is 1.78. The number of rotatable bonds is 2. The van der Waals surface area contributed by atoms with Gasteiger partial charge in [-0.25, -0.2) is 4.79 Å². The second-order valence-electron chi connectivity index (χ2n) is 4.41. The van der Waals surface area contributed by atoms with Gasteiger partial charge < -0.3 is 0 Å². The van der Waals surface area contributed by atoms with Gasteiger partial charge in [0, 0.05) is 26.1 Å². The van der Waals surface area contributed by atoms with Gasteiger partial charge >= 0.3 is 16.9 Å². The molecule has 22 heavy (non-hydrogen) atoms. The highest BCUT2D eigenvalue weighted by Crippen LogP contribution is 2.29. The third-order valence-corrected chi connectivity index (χ3v) is 3.25. The predicted octanol–water partition coefficient (Wildman–Crippen LogP) is -0.214. The molecule has 0 aliphatic rings. The first-order chi connectivity index (χ1) is 10.2. The van der Waals surface area contributed by atoms with Crippen molar-refractivity contribution < 1.29 is 4.92 Å². The Labute approximate surface area is 120 Å². The molecule has 12 nitrogen and oxygen atoms in total. The van der Waals surface area contributed by atoms with Gasteiger partial charge in [0.25, 0.3) is 5.56 Å². The Morgan fingerprint density at radius 3 is 2.18 bits per heavy atom. The summed E-state index contributed by atoms with van der Waals surface area (Å²) in [6.07, 6.45) is 0. The van der Waals surface area contributed by atoms with E-state index in [0.29, 0.717) is 4.57 Å². The van der Waals surface area contributed by atoms with Crippen LogP contribution in [0.1, 0.15) is 0 Å². The monoisotopic (exact) mass is 307 g/mol. The lowest BCUT2D eigenvalue weighted by molar-refractivity contribution is -0.385. The number of aryl methyl sites for hydroxylation is 2. The van der Waals surface area contributed by atoms with Gasteiger partial charge in [0.1, 0.15) is 11.3 Å². The Morgan fingerprint density at radius 2 is 1.68 bits per heavy atom. The van der Waals surface area contributed by atoms with E-state index in [0.717, 1.165) is 9.13 Å². The Bertz CT molecular complexity index is 1050. The number of aromatic nitrogens is 3. The first-order valence-corrected chi connectivity index (χ1v) is 5.76. The van der Waals surface area contributed by atoms with Crippen LogP contribution in [-0.2, 0) is 21.1 Å². The maximum atomic E-state index is 12.3. The van der Waals surface area contributed by atoms with Crippen LogP contribution in [0.4, 0.5) is 11.4 Å². The summed E-state index contributed by atoms with van der Waals surface area (Å²) in [4.78, 5) is 48.8. The SMILES string of the molecule is Cn1c(=O)c2c(N=[N+]=[N-])c([N+](=O)[O-])c(=O)n(C)c2n(C)c1=O. The van der Waals surface area contributed by atoms with Crippen LogP contribution < -0.4 is 16.8 Å². The molecular weight excluding hydrogens is 298 g/mol. The van der Waals surface area contributed by atoms with Crippen molar-refractivity contribution in [1.29, 1.82) is 0 Å². The smallest absolute Gasteiger partial charge is 0.291 e. The Kier molecular flexibility index (Phi) is 3.31. The topological polar surface area (TPSA) is 158 Å². The van der Waals surface area contributed by atoms with E-state index in [-0.39, 0.29) is 11.0 Å². The minimum Gasteiger partial charge on any atom is -0.291 e. The van der Waals surface area contributed by atoms with Crippen LogP contribution in [-0.4, -0.2) is 18.6 Å². The molecule has 0 amide bonds. The third-order valence-electron chi connectivity index (χ3n) is 3.25. The van der Waals surface area contributed by atoms with E-state index in [1.165, 1.54) is 21.1 Å². The van der Waals surface area contributed by atoms with Crippen LogP contribution in [0.2, 0.25) is 0 Å². The lowest BCUT2D eigenvalue weighted by Crippen LogP contribution is -2.39. The molecule has 0 fully saturated rings. The molecule has 0 aliphatic heterocycles. The number of hydrogen-bond donors (Lipinski definition) is 0.